The molecule has 3 fully saturated rings. The normalized spacial score (nSPS) is 39.4. The van der Waals surface area contributed by atoms with Crippen LogP contribution in [0.25, 0.3) is 0 Å². The highest BCUT2D eigenvalue weighted by atomic mass is 15.3. The molecular weight excluding hydrogens is 258 g/mol. The molecule has 3 saturated heterocycles. The van der Waals surface area contributed by atoms with E-state index in [0.29, 0.717) is 11.5 Å². The van der Waals surface area contributed by atoms with E-state index in [0.717, 1.165) is 18.1 Å². The number of hydrogen-bond donors (Lipinski definition) is 1. The second-order valence-electron chi connectivity index (χ2n) is 8.54. The van der Waals surface area contributed by atoms with E-state index in [-0.39, 0.29) is 0 Å². The Morgan fingerprint density at radius 2 is 1.86 bits per heavy atom. The van der Waals surface area contributed by atoms with E-state index in [1.165, 1.54) is 58.3 Å². The zero-order chi connectivity index (χ0) is 15.0. The fraction of sp³-hybridized carbons (Fsp3) is 1.00. The first-order valence-electron chi connectivity index (χ1n) is 9.24. The van der Waals surface area contributed by atoms with Crippen molar-refractivity contribution in [3.8, 4) is 0 Å². The topological polar surface area (TPSA) is 18.5 Å². The first kappa shape index (κ1) is 15.8. The molecule has 21 heavy (non-hydrogen) atoms. The van der Waals surface area contributed by atoms with Gasteiger partial charge in [-0.1, -0.05) is 34.1 Å². The van der Waals surface area contributed by atoms with E-state index < -0.39 is 0 Å². The molecule has 3 rings (SSSR count). The highest BCUT2D eigenvalue weighted by Gasteiger charge is 2.43. The van der Waals surface area contributed by atoms with E-state index in [2.05, 4.69) is 42.8 Å². The van der Waals surface area contributed by atoms with Gasteiger partial charge in [-0.3, -0.25) is 9.80 Å². The van der Waals surface area contributed by atoms with Crippen LogP contribution in [0.2, 0.25) is 0 Å². The number of hydrogen-bond acceptors (Lipinski definition) is 3. The fourth-order valence-electron chi connectivity index (χ4n) is 4.79. The lowest BCUT2D eigenvalue weighted by atomic mass is 9.83. The zero-order valence-corrected chi connectivity index (χ0v) is 14.6. The minimum atomic E-state index is 0.363. The lowest BCUT2D eigenvalue weighted by Gasteiger charge is -2.49. The lowest BCUT2D eigenvalue weighted by Crippen LogP contribution is -2.64. The fourth-order valence-corrected chi connectivity index (χ4v) is 4.79. The van der Waals surface area contributed by atoms with Gasteiger partial charge >= 0.3 is 0 Å². The molecular formula is C18H35N3. The number of piperidine rings is 1. The van der Waals surface area contributed by atoms with Crippen LogP contribution < -0.4 is 5.32 Å². The second kappa shape index (κ2) is 6.17. The Labute approximate surface area is 131 Å². The Balaban J connectivity index is 1.74. The van der Waals surface area contributed by atoms with Gasteiger partial charge in [0.15, 0.2) is 0 Å². The summed E-state index contributed by atoms with van der Waals surface area (Å²) in [4.78, 5) is 5.69. The number of fused-ring (bicyclic) bond motifs is 1. The Morgan fingerprint density at radius 1 is 1.05 bits per heavy atom. The SMILES string of the molecule is CCC1CNC(C(C)(C)C)CN1C1CCN2CCCCC12. The summed E-state index contributed by atoms with van der Waals surface area (Å²) >= 11 is 0. The third kappa shape index (κ3) is 3.16. The highest BCUT2D eigenvalue weighted by Crippen LogP contribution is 2.34. The molecule has 0 aliphatic carbocycles. The first-order chi connectivity index (χ1) is 10.0. The van der Waals surface area contributed by atoms with E-state index in [1.54, 1.807) is 0 Å². The van der Waals surface area contributed by atoms with Crippen molar-refractivity contribution >= 4 is 0 Å². The summed E-state index contributed by atoms with van der Waals surface area (Å²) in [6.45, 7) is 14.6. The minimum absolute atomic E-state index is 0.363. The molecule has 0 bridgehead atoms. The van der Waals surface area contributed by atoms with Gasteiger partial charge in [0.1, 0.15) is 0 Å². The lowest BCUT2D eigenvalue weighted by molar-refractivity contribution is 0.0257. The van der Waals surface area contributed by atoms with Crippen LogP contribution in [0.5, 0.6) is 0 Å². The van der Waals surface area contributed by atoms with E-state index in [4.69, 9.17) is 0 Å². The van der Waals surface area contributed by atoms with Crippen LogP contribution in [0, 0.1) is 5.41 Å². The Morgan fingerprint density at radius 3 is 2.57 bits per heavy atom. The van der Waals surface area contributed by atoms with Gasteiger partial charge in [0.05, 0.1) is 0 Å². The zero-order valence-electron chi connectivity index (χ0n) is 14.6. The Kier molecular flexibility index (Phi) is 4.63. The molecule has 0 aromatic heterocycles. The maximum atomic E-state index is 3.83. The predicted octanol–water partition coefficient (Wildman–Crippen LogP) is 2.71. The third-order valence-corrected chi connectivity index (χ3v) is 6.23. The number of rotatable bonds is 2. The number of nitrogens with one attached hydrogen (secondary N) is 1. The smallest absolute Gasteiger partial charge is 0.0267 e. The average Bonchev–Trinajstić information content (AvgIpc) is 2.89. The molecule has 0 aromatic carbocycles. The van der Waals surface area contributed by atoms with E-state index in [9.17, 15) is 0 Å². The number of piperazine rings is 1. The monoisotopic (exact) mass is 293 g/mol. The molecule has 122 valence electrons. The molecule has 1 N–H and O–H groups in total. The van der Waals surface area contributed by atoms with Crippen LogP contribution in [-0.4, -0.2) is 60.1 Å². The standard InChI is InChI=1S/C18H35N3/c1-5-14-12-19-17(18(2,3)4)13-21(14)16-9-11-20-10-7-6-8-15(16)20/h14-17,19H,5-13H2,1-4H3. The summed E-state index contributed by atoms with van der Waals surface area (Å²) in [6.07, 6.45) is 6.99. The Hall–Kier alpha value is -0.120. The van der Waals surface area contributed by atoms with Gasteiger partial charge in [0.25, 0.3) is 0 Å². The van der Waals surface area contributed by atoms with Crippen LogP contribution in [0.1, 0.15) is 59.8 Å². The van der Waals surface area contributed by atoms with Gasteiger partial charge in [-0.15, -0.1) is 0 Å². The molecule has 3 heteroatoms. The molecule has 4 atom stereocenters. The van der Waals surface area contributed by atoms with Gasteiger partial charge in [0.2, 0.25) is 0 Å². The average molecular weight is 293 g/mol. The maximum absolute atomic E-state index is 3.83. The van der Waals surface area contributed by atoms with Crippen LogP contribution in [0.4, 0.5) is 0 Å². The van der Waals surface area contributed by atoms with Crippen molar-refractivity contribution in [3.05, 3.63) is 0 Å². The van der Waals surface area contributed by atoms with Gasteiger partial charge < -0.3 is 5.32 Å². The molecule has 3 aliphatic heterocycles. The van der Waals surface area contributed by atoms with Crippen molar-refractivity contribution in [2.24, 2.45) is 5.41 Å². The molecule has 0 amide bonds. The van der Waals surface area contributed by atoms with Gasteiger partial charge in [-0.05, 0) is 37.6 Å². The molecule has 3 nitrogen and oxygen atoms in total. The molecule has 0 radical (unpaired) electrons. The third-order valence-electron chi connectivity index (χ3n) is 6.23. The van der Waals surface area contributed by atoms with E-state index >= 15 is 0 Å². The molecule has 0 aromatic rings. The highest BCUT2D eigenvalue weighted by molar-refractivity contribution is 5.01. The summed E-state index contributed by atoms with van der Waals surface area (Å²) in [7, 11) is 0. The quantitative estimate of drug-likeness (QED) is 0.844. The summed E-state index contributed by atoms with van der Waals surface area (Å²) in [5.74, 6) is 0. The van der Waals surface area contributed by atoms with Crippen molar-refractivity contribution in [3.63, 3.8) is 0 Å². The van der Waals surface area contributed by atoms with Crippen LogP contribution in [0.15, 0.2) is 0 Å². The first-order valence-corrected chi connectivity index (χ1v) is 9.24. The summed E-state index contributed by atoms with van der Waals surface area (Å²) in [5, 5.41) is 3.83. The maximum Gasteiger partial charge on any atom is 0.0267 e. The summed E-state index contributed by atoms with van der Waals surface area (Å²) < 4.78 is 0. The van der Waals surface area contributed by atoms with Gasteiger partial charge in [-0.2, -0.15) is 0 Å². The van der Waals surface area contributed by atoms with Gasteiger partial charge in [-0.25, -0.2) is 0 Å². The minimum Gasteiger partial charge on any atom is -0.311 e. The van der Waals surface area contributed by atoms with Crippen molar-refractivity contribution in [1.82, 2.24) is 15.1 Å². The van der Waals surface area contributed by atoms with E-state index in [1.807, 2.05) is 0 Å². The number of nitrogens with zero attached hydrogens (tertiary/aromatic N) is 2. The summed E-state index contributed by atoms with van der Waals surface area (Å²) in [6, 6.07) is 3.06. The van der Waals surface area contributed by atoms with Crippen molar-refractivity contribution in [1.29, 1.82) is 0 Å². The molecule has 3 aliphatic rings. The molecule has 0 saturated carbocycles. The Bertz CT molecular complexity index is 349. The van der Waals surface area contributed by atoms with Crippen molar-refractivity contribution < 1.29 is 0 Å². The second-order valence-corrected chi connectivity index (χ2v) is 8.54. The van der Waals surface area contributed by atoms with Gasteiger partial charge in [0, 0.05) is 43.8 Å². The molecule has 3 heterocycles. The van der Waals surface area contributed by atoms with Crippen LogP contribution in [-0.2, 0) is 0 Å². The van der Waals surface area contributed by atoms with Crippen LogP contribution >= 0.6 is 0 Å². The predicted molar refractivity (Wildman–Crippen MR) is 89.6 cm³/mol. The largest absolute Gasteiger partial charge is 0.311 e. The summed E-state index contributed by atoms with van der Waals surface area (Å²) in [5.41, 5.74) is 0.363. The molecule has 0 spiro atoms. The van der Waals surface area contributed by atoms with Crippen molar-refractivity contribution in [2.45, 2.75) is 84.0 Å². The molecule has 4 unspecified atom stereocenters. The van der Waals surface area contributed by atoms with Crippen LogP contribution in [0.3, 0.4) is 0 Å². The van der Waals surface area contributed by atoms with Crippen molar-refractivity contribution in [2.75, 3.05) is 26.2 Å².